The van der Waals surface area contributed by atoms with Crippen LogP contribution < -0.4 is 10.1 Å². The minimum atomic E-state index is 0.144. The number of para-hydroxylation sites is 1. The molecule has 1 aliphatic rings. The molecule has 3 rings (SSSR count). The summed E-state index contributed by atoms with van der Waals surface area (Å²) in [4.78, 5) is 13.8. The fraction of sp³-hybridized carbons (Fsp3) is 0.316. The van der Waals surface area contributed by atoms with Crippen molar-refractivity contribution in [1.82, 2.24) is 10.2 Å². The van der Waals surface area contributed by atoms with Crippen LogP contribution in [0.1, 0.15) is 18.9 Å². The second kappa shape index (κ2) is 7.29. The van der Waals surface area contributed by atoms with Gasteiger partial charge in [-0.3, -0.25) is 9.69 Å². The highest BCUT2D eigenvalue weighted by atomic mass is 16.5. The molecule has 1 heterocycles. The second-order valence-electron chi connectivity index (χ2n) is 5.93. The summed E-state index contributed by atoms with van der Waals surface area (Å²) >= 11 is 0. The lowest BCUT2D eigenvalue weighted by molar-refractivity contribution is -0.120. The molecule has 0 saturated carbocycles. The fourth-order valence-electron chi connectivity index (χ4n) is 2.70. The van der Waals surface area contributed by atoms with Crippen molar-refractivity contribution in [2.45, 2.75) is 25.9 Å². The third kappa shape index (κ3) is 4.33. The summed E-state index contributed by atoms with van der Waals surface area (Å²) in [6.45, 7) is 4.52. The van der Waals surface area contributed by atoms with E-state index >= 15 is 0 Å². The summed E-state index contributed by atoms with van der Waals surface area (Å²) < 4.78 is 5.81. The molecule has 4 heteroatoms. The van der Waals surface area contributed by atoms with Gasteiger partial charge < -0.3 is 10.1 Å². The minimum Gasteiger partial charge on any atom is -0.457 e. The van der Waals surface area contributed by atoms with Crippen molar-refractivity contribution in [1.29, 1.82) is 0 Å². The lowest BCUT2D eigenvalue weighted by Gasteiger charge is -2.26. The average Bonchev–Trinajstić information content (AvgIpc) is 2.73. The number of hydrogen-bond donors (Lipinski definition) is 1. The molecule has 1 aliphatic heterocycles. The third-order valence-corrected chi connectivity index (χ3v) is 4.13. The number of benzene rings is 2. The van der Waals surface area contributed by atoms with Crippen molar-refractivity contribution in [3.8, 4) is 11.5 Å². The predicted octanol–water partition coefficient (Wildman–Crippen LogP) is 3.19. The fourth-order valence-corrected chi connectivity index (χ4v) is 2.70. The molecule has 1 fully saturated rings. The molecule has 1 amide bonds. The number of nitrogens with one attached hydrogen (secondary N) is 1. The van der Waals surface area contributed by atoms with Gasteiger partial charge in [-0.25, -0.2) is 0 Å². The summed E-state index contributed by atoms with van der Waals surface area (Å²) in [5.74, 6) is 1.82. The Morgan fingerprint density at radius 3 is 2.52 bits per heavy atom. The Kier molecular flexibility index (Phi) is 4.93. The molecule has 0 aliphatic carbocycles. The SMILES string of the molecule is C[C@H]1CNC(=O)CCN1Cc1ccc(Oc2ccccc2)cc1. The van der Waals surface area contributed by atoms with Crippen LogP contribution in [0.5, 0.6) is 11.5 Å². The van der Waals surface area contributed by atoms with Crippen molar-refractivity contribution < 1.29 is 9.53 Å². The van der Waals surface area contributed by atoms with Crippen LogP contribution in [-0.4, -0.2) is 29.9 Å². The molecular formula is C19H22N2O2. The van der Waals surface area contributed by atoms with Gasteiger partial charge in [-0.2, -0.15) is 0 Å². The molecule has 1 atom stereocenters. The smallest absolute Gasteiger partial charge is 0.221 e. The van der Waals surface area contributed by atoms with Crippen molar-refractivity contribution in [3.05, 3.63) is 60.2 Å². The third-order valence-electron chi connectivity index (χ3n) is 4.13. The van der Waals surface area contributed by atoms with Crippen LogP contribution >= 0.6 is 0 Å². The van der Waals surface area contributed by atoms with Crippen molar-refractivity contribution in [2.24, 2.45) is 0 Å². The maximum Gasteiger partial charge on any atom is 0.221 e. The first-order valence-corrected chi connectivity index (χ1v) is 8.03. The van der Waals surface area contributed by atoms with Gasteiger partial charge >= 0.3 is 0 Å². The lowest BCUT2D eigenvalue weighted by atomic mass is 10.1. The normalized spacial score (nSPS) is 19.0. The van der Waals surface area contributed by atoms with Crippen LogP contribution in [0, 0.1) is 0 Å². The highest BCUT2D eigenvalue weighted by Gasteiger charge is 2.19. The molecule has 1 saturated heterocycles. The molecule has 0 spiro atoms. The van der Waals surface area contributed by atoms with Gasteiger partial charge in [0.25, 0.3) is 0 Å². The van der Waals surface area contributed by atoms with E-state index in [1.807, 2.05) is 42.5 Å². The first-order chi connectivity index (χ1) is 11.2. The van der Waals surface area contributed by atoms with Crippen molar-refractivity contribution in [2.75, 3.05) is 13.1 Å². The van der Waals surface area contributed by atoms with E-state index in [0.717, 1.165) is 24.6 Å². The quantitative estimate of drug-likeness (QED) is 0.943. The maximum atomic E-state index is 11.5. The summed E-state index contributed by atoms with van der Waals surface area (Å²) in [7, 11) is 0. The van der Waals surface area contributed by atoms with Crippen LogP contribution in [0.3, 0.4) is 0 Å². The summed E-state index contributed by atoms with van der Waals surface area (Å²) in [6.07, 6.45) is 0.569. The van der Waals surface area contributed by atoms with E-state index < -0.39 is 0 Å². The number of amides is 1. The number of hydrogen-bond acceptors (Lipinski definition) is 3. The Labute approximate surface area is 137 Å². The van der Waals surface area contributed by atoms with Crippen LogP contribution in [0.4, 0.5) is 0 Å². The summed E-state index contributed by atoms with van der Waals surface area (Å²) in [5.41, 5.74) is 1.23. The molecule has 4 nitrogen and oxygen atoms in total. The molecule has 1 N–H and O–H groups in total. The number of nitrogens with zero attached hydrogens (tertiary/aromatic N) is 1. The Hall–Kier alpha value is -2.33. The van der Waals surface area contributed by atoms with Gasteiger partial charge in [0.15, 0.2) is 0 Å². The lowest BCUT2D eigenvalue weighted by Crippen LogP contribution is -2.37. The Morgan fingerprint density at radius 2 is 1.78 bits per heavy atom. The molecular weight excluding hydrogens is 288 g/mol. The van der Waals surface area contributed by atoms with Gasteiger partial charge in [0.1, 0.15) is 11.5 Å². The highest BCUT2D eigenvalue weighted by Crippen LogP contribution is 2.22. The van der Waals surface area contributed by atoms with Crippen LogP contribution in [0.2, 0.25) is 0 Å². The number of ether oxygens (including phenoxy) is 1. The van der Waals surface area contributed by atoms with E-state index in [1.54, 1.807) is 0 Å². The van der Waals surface area contributed by atoms with Gasteiger partial charge in [-0.15, -0.1) is 0 Å². The first kappa shape index (κ1) is 15.6. The highest BCUT2D eigenvalue weighted by molar-refractivity contribution is 5.76. The van der Waals surface area contributed by atoms with Crippen LogP contribution in [0.15, 0.2) is 54.6 Å². The van der Waals surface area contributed by atoms with Gasteiger partial charge in [-0.1, -0.05) is 30.3 Å². The molecule has 120 valence electrons. The molecule has 0 radical (unpaired) electrons. The number of carbonyl (C=O) groups excluding carboxylic acids is 1. The monoisotopic (exact) mass is 310 g/mol. The number of rotatable bonds is 4. The zero-order valence-electron chi connectivity index (χ0n) is 13.4. The predicted molar refractivity (Wildman–Crippen MR) is 90.5 cm³/mol. The van der Waals surface area contributed by atoms with Gasteiger partial charge in [0.2, 0.25) is 5.91 Å². The van der Waals surface area contributed by atoms with E-state index in [9.17, 15) is 4.79 Å². The number of carbonyl (C=O) groups is 1. The Bertz CT molecular complexity index is 640. The van der Waals surface area contributed by atoms with E-state index in [2.05, 4.69) is 29.3 Å². The zero-order chi connectivity index (χ0) is 16.1. The van der Waals surface area contributed by atoms with E-state index in [0.29, 0.717) is 19.0 Å². The molecule has 0 bridgehead atoms. The van der Waals surface area contributed by atoms with Crippen molar-refractivity contribution >= 4 is 5.91 Å². The molecule has 0 aromatic heterocycles. The van der Waals surface area contributed by atoms with E-state index in [1.165, 1.54) is 5.56 Å². The summed E-state index contributed by atoms with van der Waals surface area (Å²) in [5, 5.41) is 2.95. The topological polar surface area (TPSA) is 41.6 Å². The van der Waals surface area contributed by atoms with Gasteiger partial charge in [0.05, 0.1) is 0 Å². The summed E-state index contributed by atoms with van der Waals surface area (Å²) in [6, 6.07) is 18.3. The maximum absolute atomic E-state index is 11.5. The Balaban J connectivity index is 1.62. The zero-order valence-corrected chi connectivity index (χ0v) is 13.4. The Morgan fingerprint density at radius 1 is 1.09 bits per heavy atom. The van der Waals surface area contributed by atoms with E-state index in [-0.39, 0.29) is 5.91 Å². The molecule has 2 aromatic rings. The van der Waals surface area contributed by atoms with Crippen LogP contribution in [0.25, 0.3) is 0 Å². The molecule has 23 heavy (non-hydrogen) atoms. The van der Waals surface area contributed by atoms with Gasteiger partial charge in [0, 0.05) is 32.1 Å². The largest absolute Gasteiger partial charge is 0.457 e. The van der Waals surface area contributed by atoms with Crippen molar-refractivity contribution in [3.63, 3.8) is 0 Å². The average molecular weight is 310 g/mol. The van der Waals surface area contributed by atoms with E-state index in [4.69, 9.17) is 4.74 Å². The first-order valence-electron chi connectivity index (χ1n) is 8.03. The van der Waals surface area contributed by atoms with Crippen LogP contribution in [-0.2, 0) is 11.3 Å². The molecule has 0 unspecified atom stereocenters. The van der Waals surface area contributed by atoms with Gasteiger partial charge in [-0.05, 0) is 36.8 Å². The minimum absolute atomic E-state index is 0.144. The standard InChI is InChI=1S/C19H22N2O2/c1-15-13-20-19(22)11-12-21(15)14-16-7-9-18(10-8-16)23-17-5-3-2-4-6-17/h2-10,15H,11-14H2,1H3,(H,20,22)/t15-/m0/s1. The second-order valence-corrected chi connectivity index (χ2v) is 5.93. The molecule has 2 aromatic carbocycles.